The Morgan fingerprint density at radius 2 is 1.55 bits per heavy atom. The van der Waals surface area contributed by atoms with Gasteiger partial charge in [-0.2, -0.15) is 0 Å². The molecule has 0 bridgehead atoms. The van der Waals surface area contributed by atoms with E-state index in [0.717, 1.165) is 11.1 Å². The molecule has 0 radical (unpaired) electrons. The molecule has 0 aromatic heterocycles. The normalized spacial score (nSPS) is 12.8. The monoisotopic (exact) mass is 266 g/mol. The molecule has 2 aromatic carbocycles. The molecule has 0 saturated carbocycles. The van der Waals surface area contributed by atoms with Crippen LogP contribution < -0.4 is 0 Å². The lowest BCUT2D eigenvalue weighted by Crippen LogP contribution is -2.11. The lowest BCUT2D eigenvalue weighted by Gasteiger charge is -2.15. The van der Waals surface area contributed by atoms with Gasteiger partial charge in [0, 0.05) is 11.5 Å². The van der Waals surface area contributed by atoms with E-state index in [-0.39, 0.29) is 11.9 Å². The van der Waals surface area contributed by atoms with Crippen molar-refractivity contribution in [3.63, 3.8) is 0 Å². The lowest BCUT2D eigenvalue weighted by molar-refractivity contribution is -0.136. The lowest BCUT2D eigenvalue weighted by atomic mass is 9.91. The van der Waals surface area contributed by atoms with E-state index in [9.17, 15) is 4.79 Å². The van der Waals surface area contributed by atoms with E-state index < -0.39 is 0 Å². The Labute approximate surface area is 119 Å². The first-order valence-electron chi connectivity index (χ1n) is 6.62. The van der Waals surface area contributed by atoms with Crippen LogP contribution in [0.15, 0.2) is 66.2 Å². The maximum Gasteiger partial charge on any atom is 0.334 e. The molecule has 1 unspecified atom stereocenters. The van der Waals surface area contributed by atoms with Crippen molar-refractivity contribution in [2.45, 2.75) is 12.8 Å². The molecule has 1 atom stereocenters. The molecule has 20 heavy (non-hydrogen) atoms. The number of ether oxygens (including phenoxy) is 1. The Bertz CT molecular complexity index is 585. The number of esters is 1. The maximum absolute atomic E-state index is 12.0. The van der Waals surface area contributed by atoms with Crippen molar-refractivity contribution >= 4 is 12.0 Å². The smallest absolute Gasteiger partial charge is 0.334 e. The van der Waals surface area contributed by atoms with Gasteiger partial charge in [-0.05, 0) is 17.2 Å². The Morgan fingerprint density at radius 1 is 1.00 bits per heavy atom. The van der Waals surface area contributed by atoms with Crippen LogP contribution in [0.3, 0.4) is 0 Å². The van der Waals surface area contributed by atoms with Gasteiger partial charge in [0.15, 0.2) is 0 Å². The SMILES string of the molecule is COC(=O)/C(=C\c1ccccc1)C(C)c1ccccc1. The van der Waals surface area contributed by atoms with Crippen molar-refractivity contribution in [2.24, 2.45) is 0 Å². The Hall–Kier alpha value is -2.35. The highest BCUT2D eigenvalue weighted by atomic mass is 16.5. The summed E-state index contributed by atoms with van der Waals surface area (Å²) in [6.45, 7) is 2.01. The number of carbonyl (C=O) groups excluding carboxylic acids is 1. The predicted octanol–water partition coefficient (Wildman–Crippen LogP) is 4.05. The summed E-state index contributed by atoms with van der Waals surface area (Å²) in [5.41, 5.74) is 2.75. The van der Waals surface area contributed by atoms with Crippen molar-refractivity contribution in [2.75, 3.05) is 7.11 Å². The Morgan fingerprint density at radius 3 is 2.10 bits per heavy atom. The van der Waals surface area contributed by atoms with E-state index in [1.807, 2.05) is 73.7 Å². The third-order valence-electron chi connectivity index (χ3n) is 3.31. The van der Waals surface area contributed by atoms with Gasteiger partial charge in [0.1, 0.15) is 0 Å². The zero-order valence-corrected chi connectivity index (χ0v) is 11.7. The molecular weight excluding hydrogens is 248 g/mol. The quantitative estimate of drug-likeness (QED) is 0.616. The second-order valence-corrected chi connectivity index (χ2v) is 4.63. The molecule has 0 amide bonds. The molecule has 0 saturated heterocycles. The van der Waals surface area contributed by atoms with E-state index >= 15 is 0 Å². The van der Waals surface area contributed by atoms with Crippen LogP contribution in [0.2, 0.25) is 0 Å². The molecule has 2 rings (SSSR count). The molecule has 0 spiro atoms. The molecule has 2 nitrogen and oxygen atoms in total. The number of methoxy groups -OCH3 is 1. The van der Waals surface area contributed by atoms with E-state index in [4.69, 9.17) is 4.74 Å². The zero-order valence-electron chi connectivity index (χ0n) is 11.7. The number of carbonyl (C=O) groups is 1. The van der Waals surface area contributed by atoms with Gasteiger partial charge in [-0.15, -0.1) is 0 Å². The summed E-state index contributed by atoms with van der Waals surface area (Å²) >= 11 is 0. The van der Waals surface area contributed by atoms with Gasteiger partial charge in [0.25, 0.3) is 0 Å². The molecule has 2 aromatic rings. The molecule has 2 heteroatoms. The van der Waals surface area contributed by atoms with Crippen molar-refractivity contribution in [3.8, 4) is 0 Å². The fourth-order valence-electron chi connectivity index (χ4n) is 2.13. The van der Waals surface area contributed by atoms with Crippen LogP contribution in [0.25, 0.3) is 6.08 Å². The van der Waals surface area contributed by atoms with E-state index in [1.54, 1.807) is 0 Å². The molecule has 0 N–H and O–H groups in total. The Balaban J connectivity index is 2.38. The molecule has 102 valence electrons. The van der Waals surface area contributed by atoms with Crippen LogP contribution in [0.1, 0.15) is 24.0 Å². The molecule has 0 aliphatic carbocycles. The average molecular weight is 266 g/mol. The third kappa shape index (κ3) is 3.35. The fourth-order valence-corrected chi connectivity index (χ4v) is 2.13. The zero-order chi connectivity index (χ0) is 14.4. The highest BCUT2D eigenvalue weighted by Gasteiger charge is 2.19. The van der Waals surface area contributed by atoms with Gasteiger partial charge in [-0.1, -0.05) is 67.6 Å². The molecule has 0 aliphatic heterocycles. The van der Waals surface area contributed by atoms with E-state index in [2.05, 4.69) is 0 Å². The van der Waals surface area contributed by atoms with Crippen LogP contribution in [-0.4, -0.2) is 13.1 Å². The minimum Gasteiger partial charge on any atom is -0.466 e. The average Bonchev–Trinajstić information content (AvgIpc) is 2.53. The number of hydrogen-bond donors (Lipinski definition) is 0. The van der Waals surface area contributed by atoms with Crippen LogP contribution in [0.4, 0.5) is 0 Å². The van der Waals surface area contributed by atoms with Crippen LogP contribution in [-0.2, 0) is 9.53 Å². The van der Waals surface area contributed by atoms with Crippen molar-refractivity contribution in [1.29, 1.82) is 0 Å². The standard InChI is InChI=1S/C18H18O2/c1-14(16-11-7-4-8-12-16)17(18(19)20-2)13-15-9-5-3-6-10-15/h3-14H,1-2H3/b17-13-. The summed E-state index contributed by atoms with van der Waals surface area (Å²) < 4.78 is 4.92. The van der Waals surface area contributed by atoms with Crippen molar-refractivity contribution in [1.82, 2.24) is 0 Å². The summed E-state index contributed by atoms with van der Waals surface area (Å²) in [7, 11) is 1.42. The summed E-state index contributed by atoms with van der Waals surface area (Å²) in [5.74, 6) is -0.297. The first-order valence-corrected chi connectivity index (χ1v) is 6.62. The number of hydrogen-bond acceptors (Lipinski definition) is 2. The first-order chi connectivity index (χ1) is 9.72. The first kappa shape index (κ1) is 14.1. The highest BCUT2D eigenvalue weighted by molar-refractivity contribution is 5.95. The van der Waals surface area contributed by atoms with Crippen molar-refractivity contribution in [3.05, 3.63) is 77.4 Å². The molecule has 0 aliphatic rings. The summed E-state index contributed by atoms with van der Waals surface area (Å²) in [4.78, 5) is 12.0. The van der Waals surface area contributed by atoms with Gasteiger partial charge in [0.05, 0.1) is 7.11 Å². The molecule has 0 heterocycles. The number of benzene rings is 2. The van der Waals surface area contributed by atoms with Crippen LogP contribution in [0.5, 0.6) is 0 Å². The van der Waals surface area contributed by atoms with Gasteiger partial charge < -0.3 is 4.74 Å². The second kappa shape index (κ2) is 6.71. The highest BCUT2D eigenvalue weighted by Crippen LogP contribution is 2.26. The predicted molar refractivity (Wildman–Crippen MR) is 81.3 cm³/mol. The van der Waals surface area contributed by atoms with Crippen molar-refractivity contribution < 1.29 is 9.53 Å². The van der Waals surface area contributed by atoms with Gasteiger partial charge >= 0.3 is 5.97 Å². The summed E-state index contributed by atoms with van der Waals surface area (Å²) in [6, 6.07) is 19.8. The summed E-state index contributed by atoms with van der Waals surface area (Å²) in [6.07, 6.45) is 1.89. The van der Waals surface area contributed by atoms with Crippen LogP contribution >= 0.6 is 0 Å². The van der Waals surface area contributed by atoms with E-state index in [1.165, 1.54) is 7.11 Å². The van der Waals surface area contributed by atoms with E-state index in [0.29, 0.717) is 5.57 Å². The third-order valence-corrected chi connectivity index (χ3v) is 3.31. The largest absolute Gasteiger partial charge is 0.466 e. The maximum atomic E-state index is 12.0. The topological polar surface area (TPSA) is 26.3 Å². The fraction of sp³-hybridized carbons (Fsp3) is 0.167. The number of rotatable bonds is 4. The second-order valence-electron chi connectivity index (χ2n) is 4.63. The summed E-state index contributed by atoms with van der Waals surface area (Å²) in [5, 5.41) is 0. The van der Waals surface area contributed by atoms with Gasteiger partial charge in [-0.3, -0.25) is 0 Å². The van der Waals surface area contributed by atoms with Gasteiger partial charge in [0.2, 0.25) is 0 Å². The minimum absolute atomic E-state index is 0.0103. The Kier molecular flexibility index (Phi) is 4.72. The van der Waals surface area contributed by atoms with Gasteiger partial charge in [-0.25, -0.2) is 4.79 Å². The minimum atomic E-state index is -0.287. The molecular formula is C18H18O2. The van der Waals surface area contributed by atoms with Crippen LogP contribution in [0, 0.1) is 0 Å². The molecule has 0 fully saturated rings.